The first-order valence-corrected chi connectivity index (χ1v) is 9.21. The average molecular weight is 353 g/mol. The molecule has 25 heavy (non-hydrogen) atoms. The number of amides is 1. The maximum absolute atomic E-state index is 12.4. The van der Waals surface area contributed by atoms with Crippen molar-refractivity contribution in [3.63, 3.8) is 0 Å². The molecule has 0 atom stereocenters. The van der Waals surface area contributed by atoms with Crippen LogP contribution in [-0.4, -0.2) is 34.6 Å². The second-order valence-electron chi connectivity index (χ2n) is 6.13. The zero-order valence-electron chi connectivity index (χ0n) is 15.3. The lowest BCUT2D eigenvalue weighted by Gasteiger charge is -2.14. The van der Waals surface area contributed by atoms with E-state index in [-0.39, 0.29) is 5.91 Å². The first-order valence-electron chi connectivity index (χ1n) is 8.39. The molecule has 0 bridgehead atoms. The van der Waals surface area contributed by atoms with Crippen molar-refractivity contribution in [3.05, 3.63) is 57.8 Å². The SMILES string of the molecule is CCc1ccccc1-n1c(C)cc(/C=C2/SC(=NC)N(C)C2=O)c1C. The number of hydrogen-bond donors (Lipinski definition) is 0. The number of aromatic nitrogens is 1. The molecule has 0 saturated carbocycles. The molecule has 0 unspecified atom stereocenters. The third-order valence-electron chi connectivity index (χ3n) is 4.57. The van der Waals surface area contributed by atoms with Crippen LogP contribution < -0.4 is 0 Å². The Balaban J connectivity index is 2.07. The first-order chi connectivity index (χ1) is 12.0. The van der Waals surface area contributed by atoms with Crippen LogP contribution in [0, 0.1) is 13.8 Å². The van der Waals surface area contributed by atoms with Gasteiger partial charge in [-0.3, -0.25) is 14.7 Å². The van der Waals surface area contributed by atoms with Gasteiger partial charge in [-0.05, 0) is 61.4 Å². The summed E-state index contributed by atoms with van der Waals surface area (Å²) in [5, 5.41) is 0.737. The van der Waals surface area contributed by atoms with Gasteiger partial charge in [-0.25, -0.2) is 0 Å². The Morgan fingerprint density at radius 1 is 1.24 bits per heavy atom. The maximum atomic E-state index is 12.4. The predicted molar refractivity (Wildman–Crippen MR) is 106 cm³/mol. The molecule has 1 aromatic heterocycles. The summed E-state index contributed by atoms with van der Waals surface area (Å²) in [6, 6.07) is 10.6. The van der Waals surface area contributed by atoms with Crippen LogP contribution in [0.5, 0.6) is 0 Å². The second kappa shape index (κ2) is 6.92. The van der Waals surface area contributed by atoms with Gasteiger partial charge in [0.1, 0.15) is 0 Å². The van der Waals surface area contributed by atoms with Crippen molar-refractivity contribution in [1.29, 1.82) is 0 Å². The van der Waals surface area contributed by atoms with Crippen LogP contribution in [0.15, 0.2) is 40.2 Å². The Hall–Kier alpha value is -2.27. The van der Waals surface area contributed by atoms with Gasteiger partial charge in [0.15, 0.2) is 5.17 Å². The lowest BCUT2D eigenvalue weighted by molar-refractivity contribution is -0.121. The normalized spacial score (nSPS) is 18.0. The molecule has 1 aliphatic rings. The highest BCUT2D eigenvalue weighted by Gasteiger charge is 2.30. The van der Waals surface area contributed by atoms with Gasteiger partial charge in [-0.15, -0.1) is 0 Å². The summed E-state index contributed by atoms with van der Waals surface area (Å²) in [4.78, 5) is 18.9. The van der Waals surface area contributed by atoms with Gasteiger partial charge in [0.25, 0.3) is 5.91 Å². The van der Waals surface area contributed by atoms with Crippen molar-refractivity contribution in [3.8, 4) is 5.69 Å². The Morgan fingerprint density at radius 2 is 1.96 bits per heavy atom. The molecule has 4 nitrogen and oxygen atoms in total. The lowest BCUT2D eigenvalue weighted by Crippen LogP contribution is -2.23. The van der Waals surface area contributed by atoms with Crippen LogP contribution >= 0.6 is 11.8 Å². The quantitative estimate of drug-likeness (QED) is 0.776. The number of amidine groups is 1. The van der Waals surface area contributed by atoms with Gasteiger partial charge in [-0.1, -0.05) is 25.1 Å². The minimum absolute atomic E-state index is 0.00404. The van der Waals surface area contributed by atoms with E-state index in [1.807, 2.05) is 6.08 Å². The average Bonchev–Trinajstić information content (AvgIpc) is 3.05. The van der Waals surface area contributed by atoms with Crippen LogP contribution in [0.1, 0.15) is 29.4 Å². The van der Waals surface area contributed by atoms with Crippen molar-refractivity contribution in [2.45, 2.75) is 27.2 Å². The monoisotopic (exact) mass is 353 g/mol. The molecule has 5 heteroatoms. The van der Waals surface area contributed by atoms with Crippen molar-refractivity contribution in [2.75, 3.05) is 14.1 Å². The van der Waals surface area contributed by atoms with Crippen LogP contribution in [-0.2, 0) is 11.2 Å². The van der Waals surface area contributed by atoms with E-state index in [0.29, 0.717) is 4.91 Å². The van der Waals surface area contributed by atoms with Crippen LogP contribution in [0.2, 0.25) is 0 Å². The van der Waals surface area contributed by atoms with Crippen LogP contribution in [0.25, 0.3) is 11.8 Å². The fourth-order valence-electron chi connectivity index (χ4n) is 3.22. The molecule has 1 aliphatic heterocycles. The molecule has 2 heterocycles. The van der Waals surface area contributed by atoms with Crippen LogP contribution in [0.3, 0.4) is 0 Å². The fourth-order valence-corrected chi connectivity index (χ4v) is 4.14. The van der Waals surface area contributed by atoms with Gasteiger partial charge >= 0.3 is 0 Å². The maximum Gasteiger partial charge on any atom is 0.266 e. The number of carbonyl (C=O) groups excluding carboxylic acids is 1. The second-order valence-corrected chi connectivity index (χ2v) is 7.13. The Kier molecular flexibility index (Phi) is 4.86. The lowest BCUT2D eigenvalue weighted by atomic mass is 10.1. The molecule has 0 N–H and O–H groups in total. The molecule has 130 valence electrons. The third kappa shape index (κ3) is 3.04. The van der Waals surface area contributed by atoms with E-state index < -0.39 is 0 Å². The summed E-state index contributed by atoms with van der Waals surface area (Å²) < 4.78 is 2.27. The van der Waals surface area contributed by atoms with Gasteiger partial charge in [0.05, 0.1) is 4.91 Å². The van der Waals surface area contributed by atoms with Crippen molar-refractivity contribution in [1.82, 2.24) is 9.47 Å². The smallest absolute Gasteiger partial charge is 0.266 e. The number of aryl methyl sites for hydroxylation is 2. The van der Waals surface area contributed by atoms with E-state index in [2.05, 4.69) is 60.7 Å². The predicted octanol–water partition coefficient (Wildman–Crippen LogP) is 4.19. The number of likely N-dealkylation sites (N-methyl/N-ethyl adjacent to an activating group) is 1. The molecule has 0 radical (unpaired) electrons. The van der Waals surface area contributed by atoms with Crippen molar-refractivity contribution >= 4 is 28.9 Å². The van der Waals surface area contributed by atoms with Crippen molar-refractivity contribution in [2.24, 2.45) is 4.99 Å². The van der Waals surface area contributed by atoms with E-state index >= 15 is 0 Å². The van der Waals surface area contributed by atoms with E-state index in [1.165, 1.54) is 28.7 Å². The topological polar surface area (TPSA) is 37.6 Å². The highest BCUT2D eigenvalue weighted by atomic mass is 32.2. The van der Waals surface area contributed by atoms with Gasteiger partial charge in [0.2, 0.25) is 0 Å². The summed E-state index contributed by atoms with van der Waals surface area (Å²) in [5.41, 5.74) is 5.91. The molecule has 0 aliphatic carbocycles. The third-order valence-corrected chi connectivity index (χ3v) is 5.72. The molecule has 1 fully saturated rings. The summed E-state index contributed by atoms with van der Waals surface area (Å²) in [7, 11) is 3.47. The number of rotatable bonds is 3. The zero-order valence-corrected chi connectivity index (χ0v) is 16.1. The Bertz CT molecular complexity index is 892. The highest BCUT2D eigenvalue weighted by molar-refractivity contribution is 8.18. The number of nitrogens with zero attached hydrogens (tertiary/aromatic N) is 3. The highest BCUT2D eigenvalue weighted by Crippen LogP contribution is 2.33. The number of thioether (sulfide) groups is 1. The minimum atomic E-state index is 0.00404. The molecule has 3 rings (SSSR count). The number of benzene rings is 1. The van der Waals surface area contributed by atoms with E-state index in [9.17, 15) is 4.79 Å². The molecule has 1 amide bonds. The van der Waals surface area contributed by atoms with E-state index in [4.69, 9.17) is 0 Å². The zero-order chi connectivity index (χ0) is 18.1. The number of aliphatic imine (C=N–C) groups is 1. The molecular weight excluding hydrogens is 330 g/mol. The van der Waals surface area contributed by atoms with Crippen molar-refractivity contribution < 1.29 is 4.79 Å². The van der Waals surface area contributed by atoms with E-state index in [0.717, 1.165) is 22.8 Å². The van der Waals surface area contributed by atoms with Gasteiger partial charge in [0, 0.05) is 31.2 Å². The molecule has 1 aromatic carbocycles. The van der Waals surface area contributed by atoms with Gasteiger partial charge < -0.3 is 4.57 Å². The standard InChI is InChI=1S/C20H23N3OS/c1-6-15-9-7-8-10-17(15)23-13(2)11-16(14(23)3)12-18-19(24)22(5)20(21-4)25-18/h7-12H,6H2,1-5H3/b18-12+,21-20?. The summed E-state index contributed by atoms with van der Waals surface area (Å²) in [5.74, 6) is 0.00404. The molecule has 1 saturated heterocycles. The Labute approximate surface area is 153 Å². The summed E-state index contributed by atoms with van der Waals surface area (Å²) >= 11 is 1.43. The molecule has 0 spiro atoms. The number of hydrogen-bond acceptors (Lipinski definition) is 3. The largest absolute Gasteiger partial charge is 0.318 e. The Morgan fingerprint density at radius 3 is 2.60 bits per heavy atom. The minimum Gasteiger partial charge on any atom is -0.318 e. The summed E-state index contributed by atoms with van der Waals surface area (Å²) in [6.45, 7) is 6.38. The number of para-hydroxylation sites is 1. The fraction of sp³-hybridized carbons (Fsp3) is 0.300. The van der Waals surface area contributed by atoms with E-state index in [1.54, 1.807) is 19.0 Å². The van der Waals surface area contributed by atoms with Gasteiger partial charge in [-0.2, -0.15) is 0 Å². The van der Waals surface area contributed by atoms with Crippen LogP contribution in [0.4, 0.5) is 0 Å². The number of carbonyl (C=O) groups is 1. The summed E-state index contributed by atoms with van der Waals surface area (Å²) in [6.07, 6.45) is 2.97. The molecular formula is C20H23N3OS. The molecule has 2 aromatic rings. The first kappa shape index (κ1) is 17.5.